The molecule has 0 saturated heterocycles. The minimum absolute atomic E-state index is 0.286. The first-order chi connectivity index (χ1) is 9.02. The third-order valence-electron chi connectivity index (χ3n) is 4.68. The quantitative estimate of drug-likeness (QED) is 0.765. The molecule has 2 rings (SSSR count). The molecule has 2 nitrogen and oxygen atoms in total. The van der Waals surface area contributed by atoms with Gasteiger partial charge in [-0.25, -0.2) is 0 Å². The second-order valence-corrected chi connectivity index (χ2v) is 6.21. The van der Waals surface area contributed by atoms with Gasteiger partial charge in [0.15, 0.2) is 0 Å². The molecule has 1 aliphatic heterocycles. The molecule has 1 saturated carbocycles. The van der Waals surface area contributed by atoms with E-state index in [-0.39, 0.29) is 12.1 Å². The van der Waals surface area contributed by atoms with E-state index in [2.05, 4.69) is 38.4 Å². The highest BCUT2D eigenvalue weighted by Gasteiger charge is 2.34. The van der Waals surface area contributed by atoms with Crippen LogP contribution in [0, 0.1) is 11.8 Å². The molecule has 1 fully saturated rings. The van der Waals surface area contributed by atoms with Crippen LogP contribution in [0.25, 0.3) is 0 Å². The van der Waals surface area contributed by atoms with Crippen molar-refractivity contribution in [2.75, 3.05) is 0 Å². The van der Waals surface area contributed by atoms with E-state index in [9.17, 15) is 5.11 Å². The molecule has 0 radical (unpaired) electrons. The van der Waals surface area contributed by atoms with Gasteiger partial charge in [-0.2, -0.15) is 0 Å². The lowest BCUT2D eigenvalue weighted by Crippen LogP contribution is -2.27. The number of aliphatic imine (C=N–C) groups is 1. The fourth-order valence-electron chi connectivity index (χ4n) is 3.60. The van der Waals surface area contributed by atoms with Crippen LogP contribution in [0.15, 0.2) is 28.8 Å². The van der Waals surface area contributed by atoms with Gasteiger partial charge in [-0.1, -0.05) is 25.2 Å². The Bertz CT molecular complexity index is 407. The number of nitrogens with zero attached hydrogens (tertiary/aromatic N) is 1. The van der Waals surface area contributed by atoms with Gasteiger partial charge in [-0.05, 0) is 57.4 Å². The maximum atomic E-state index is 10.6. The average molecular weight is 261 g/mol. The van der Waals surface area contributed by atoms with E-state index in [0.29, 0.717) is 11.8 Å². The molecule has 0 aromatic carbocycles. The summed E-state index contributed by atoms with van der Waals surface area (Å²) in [5, 5.41) is 10.6. The third kappa shape index (κ3) is 3.17. The van der Waals surface area contributed by atoms with Crippen molar-refractivity contribution < 1.29 is 5.11 Å². The summed E-state index contributed by atoms with van der Waals surface area (Å²) < 4.78 is 0. The van der Waals surface area contributed by atoms with E-state index in [0.717, 1.165) is 37.7 Å². The van der Waals surface area contributed by atoms with Crippen molar-refractivity contribution in [2.45, 2.75) is 65.0 Å². The normalized spacial score (nSPS) is 34.6. The summed E-state index contributed by atoms with van der Waals surface area (Å²) in [6, 6.07) is 0.286. The monoisotopic (exact) mass is 261 g/mol. The molecule has 1 N–H and O–H groups in total. The number of rotatable bonds is 4. The Hall–Kier alpha value is -0.890. The Morgan fingerprint density at radius 2 is 2.26 bits per heavy atom. The Balaban J connectivity index is 1.95. The second kappa shape index (κ2) is 6.04. The van der Waals surface area contributed by atoms with Crippen molar-refractivity contribution in [3.8, 4) is 0 Å². The highest BCUT2D eigenvalue weighted by molar-refractivity contribution is 5.84. The lowest BCUT2D eigenvalue weighted by atomic mass is 9.83. The summed E-state index contributed by atoms with van der Waals surface area (Å²) in [6.45, 7) is 10.6. The first-order valence-corrected chi connectivity index (χ1v) is 7.60. The number of hydrogen-bond donors (Lipinski definition) is 1. The van der Waals surface area contributed by atoms with Crippen molar-refractivity contribution in [1.82, 2.24) is 0 Å². The Morgan fingerprint density at radius 3 is 2.84 bits per heavy atom. The number of hydrogen-bond acceptors (Lipinski definition) is 2. The highest BCUT2D eigenvalue weighted by Crippen LogP contribution is 2.38. The fraction of sp³-hybridized carbons (Fsp3) is 0.706. The molecule has 0 aromatic rings. The molecular formula is C17H27NO. The molecule has 2 heteroatoms. The summed E-state index contributed by atoms with van der Waals surface area (Å²) in [6.07, 6.45) is 7.35. The molecule has 0 bridgehead atoms. The molecule has 0 amide bonds. The van der Waals surface area contributed by atoms with Crippen LogP contribution in [0.2, 0.25) is 0 Å². The van der Waals surface area contributed by atoms with E-state index in [1.165, 1.54) is 11.3 Å². The Kier molecular flexibility index (Phi) is 4.62. The van der Waals surface area contributed by atoms with Crippen LogP contribution in [0.1, 0.15) is 52.9 Å². The highest BCUT2D eigenvalue weighted by atomic mass is 16.3. The van der Waals surface area contributed by atoms with Gasteiger partial charge in [0, 0.05) is 11.6 Å². The smallest absolute Gasteiger partial charge is 0.0782 e. The minimum Gasteiger partial charge on any atom is -0.388 e. The zero-order valence-electron chi connectivity index (χ0n) is 12.5. The van der Waals surface area contributed by atoms with Crippen molar-refractivity contribution in [3.63, 3.8) is 0 Å². The molecular weight excluding hydrogens is 234 g/mol. The van der Waals surface area contributed by atoms with Crippen LogP contribution in [-0.4, -0.2) is 23.0 Å². The Morgan fingerprint density at radius 1 is 1.53 bits per heavy atom. The maximum Gasteiger partial charge on any atom is 0.0782 e. The molecule has 2 aliphatic rings. The van der Waals surface area contributed by atoms with E-state index >= 15 is 0 Å². The Labute approximate surface area is 117 Å². The van der Waals surface area contributed by atoms with Crippen molar-refractivity contribution in [1.29, 1.82) is 0 Å². The van der Waals surface area contributed by atoms with E-state index < -0.39 is 0 Å². The van der Waals surface area contributed by atoms with Crippen molar-refractivity contribution in [2.24, 2.45) is 16.8 Å². The standard InChI is InChI=1S/C17H27NO/c1-5-6-14-7-8-15(10-14)17(19)12(3)16-9-11(2)18-13(16)4/h6,13,15-17,19H,3,5,7-10H2,1-2,4H3/b14-6+. The summed E-state index contributed by atoms with van der Waals surface area (Å²) in [7, 11) is 0. The third-order valence-corrected chi connectivity index (χ3v) is 4.68. The first-order valence-electron chi connectivity index (χ1n) is 7.60. The summed E-state index contributed by atoms with van der Waals surface area (Å²) >= 11 is 0. The van der Waals surface area contributed by atoms with Gasteiger partial charge < -0.3 is 5.11 Å². The molecule has 1 aliphatic carbocycles. The van der Waals surface area contributed by atoms with Crippen molar-refractivity contribution >= 4 is 5.71 Å². The number of aliphatic hydroxyl groups excluding tert-OH is 1. The van der Waals surface area contributed by atoms with Gasteiger partial charge in [-0.15, -0.1) is 0 Å². The van der Waals surface area contributed by atoms with Gasteiger partial charge in [-0.3, -0.25) is 4.99 Å². The molecule has 106 valence electrons. The molecule has 0 spiro atoms. The number of allylic oxidation sites excluding steroid dienone is 2. The van der Waals surface area contributed by atoms with E-state index in [1.807, 2.05) is 0 Å². The van der Waals surface area contributed by atoms with E-state index in [4.69, 9.17) is 0 Å². The van der Waals surface area contributed by atoms with Crippen LogP contribution in [0.3, 0.4) is 0 Å². The first kappa shape index (κ1) is 14.5. The second-order valence-electron chi connectivity index (χ2n) is 6.21. The fourth-order valence-corrected chi connectivity index (χ4v) is 3.60. The zero-order valence-corrected chi connectivity index (χ0v) is 12.5. The van der Waals surface area contributed by atoms with Gasteiger partial charge in [0.25, 0.3) is 0 Å². The van der Waals surface area contributed by atoms with Crippen molar-refractivity contribution in [3.05, 3.63) is 23.8 Å². The molecule has 4 unspecified atom stereocenters. The number of aliphatic hydroxyl groups is 1. The minimum atomic E-state index is -0.351. The molecule has 19 heavy (non-hydrogen) atoms. The average Bonchev–Trinajstić information content (AvgIpc) is 2.95. The summed E-state index contributed by atoms with van der Waals surface area (Å²) in [4.78, 5) is 4.58. The van der Waals surface area contributed by atoms with Gasteiger partial charge in [0.05, 0.1) is 12.1 Å². The van der Waals surface area contributed by atoms with Crippen LogP contribution in [0.5, 0.6) is 0 Å². The van der Waals surface area contributed by atoms with Gasteiger partial charge in [0.1, 0.15) is 0 Å². The summed E-state index contributed by atoms with van der Waals surface area (Å²) in [5.74, 6) is 0.715. The topological polar surface area (TPSA) is 32.6 Å². The van der Waals surface area contributed by atoms with Crippen LogP contribution in [-0.2, 0) is 0 Å². The predicted octanol–water partition coefficient (Wildman–Crippen LogP) is 3.91. The SMILES string of the molecule is C=C(C(O)C1CC/C(=C\CC)C1)C1CC(C)=NC1C. The molecule has 1 heterocycles. The molecule has 0 aromatic heterocycles. The lowest BCUT2D eigenvalue weighted by Gasteiger charge is -2.26. The maximum absolute atomic E-state index is 10.6. The summed E-state index contributed by atoms with van der Waals surface area (Å²) in [5.41, 5.74) is 3.73. The van der Waals surface area contributed by atoms with Crippen LogP contribution in [0.4, 0.5) is 0 Å². The zero-order chi connectivity index (χ0) is 14.0. The van der Waals surface area contributed by atoms with Crippen LogP contribution >= 0.6 is 0 Å². The molecule has 4 atom stereocenters. The van der Waals surface area contributed by atoms with E-state index in [1.54, 1.807) is 0 Å². The largest absolute Gasteiger partial charge is 0.388 e. The van der Waals surface area contributed by atoms with Gasteiger partial charge in [0.2, 0.25) is 0 Å². The van der Waals surface area contributed by atoms with Gasteiger partial charge >= 0.3 is 0 Å². The van der Waals surface area contributed by atoms with Crippen LogP contribution < -0.4 is 0 Å². The lowest BCUT2D eigenvalue weighted by molar-refractivity contribution is 0.134. The predicted molar refractivity (Wildman–Crippen MR) is 81.5 cm³/mol.